The van der Waals surface area contributed by atoms with Gasteiger partial charge >= 0.3 is 5.97 Å². The maximum Gasteiger partial charge on any atom is 0.329 e. The van der Waals surface area contributed by atoms with Crippen LogP contribution in [0.4, 0.5) is 0 Å². The topological polar surface area (TPSA) is 75.6 Å². The Morgan fingerprint density at radius 3 is 2.57 bits per heavy atom. The van der Waals surface area contributed by atoms with Crippen LogP contribution in [0, 0.1) is 13.8 Å². The van der Waals surface area contributed by atoms with Crippen molar-refractivity contribution in [3.8, 4) is 5.75 Å². The molecule has 1 aromatic rings. The molecule has 3 rings (SSSR count). The molecule has 6 heteroatoms. The summed E-state index contributed by atoms with van der Waals surface area (Å²) in [5, 5.41) is 12.4. The first-order valence-corrected chi connectivity index (χ1v) is 8.95. The van der Waals surface area contributed by atoms with Crippen LogP contribution >= 0.6 is 11.8 Å². The second kappa shape index (κ2) is 6.07. The predicted molar refractivity (Wildman–Crippen MR) is 89.2 cm³/mol. The van der Waals surface area contributed by atoms with E-state index in [4.69, 9.17) is 4.74 Å². The lowest BCUT2D eigenvalue weighted by atomic mass is 9.90. The van der Waals surface area contributed by atoms with E-state index in [0.29, 0.717) is 12.8 Å². The van der Waals surface area contributed by atoms with E-state index in [2.05, 4.69) is 5.32 Å². The van der Waals surface area contributed by atoms with Crippen molar-refractivity contribution >= 4 is 23.6 Å². The number of aliphatic carboxylic acids is 1. The molecule has 2 heterocycles. The zero-order valence-corrected chi connectivity index (χ0v) is 14.2. The highest BCUT2D eigenvalue weighted by Gasteiger charge is 2.43. The van der Waals surface area contributed by atoms with E-state index in [0.717, 1.165) is 33.9 Å². The molecule has 1 atom stereocenters. The van der Waals surface area contributed by atoms with Gasteiger partial charge in [0.15, 0.2) is 0 Å². The van der Waals surface area contributed by atoms with E-state index in [1.165, 1.54) is 0 Å². The number of rotatable bonds is 3. The third kappa shape index (κ3) is 2.92. The lowest BCUT2D eigenvalue weighted by molar-refractivity contribution is -0.148. The molecule has 1 amide bonds. The quantitative estimate of drug-likeness (QED) is 0.886. The highest BCUT2D eigenvalue weighted by molar-refractivity contribution is 7.99. The lowest BCUT2D eigenvalue weighted by Crippen LogP contribution is -2.57. The van der Waals surface area contributed by atoms with Crippen LogP contribution < -0.4 is 10.1 Å². The van der Waals surface area contributed by atoms with Crippen molar-refractivity contribution in [2.45, 2.75) is 38.1 Å². The summed E-state index contributed by atoms with van der Waals surface area (Å²) in [5.74, 6) is 0.615. The molecule has 1 unspecified atom stereocenters. The minimum absolute atomic E-state index is 0.249. The van der Waals surface area contributed by atoms with Crippen molar-refractivity contribution in [2.75, 3.05) is 18.1 Å². The smallest absolute Gasteiger partial charge is 0.329 e. The summed E-state index contributed by atoms with van der Waals surface area (Å²) in [6.45, 7) is 4.28. The number of carbonyl (C=O) groups excluding carboxylic acids is 1. The molecule has 2 aliphatic rings. The second-order valence-corrected chi connectivity index (χ2v) is 7.55. The summed E-state index contributed by atoms with van der Waals surface area (Å²) >= 11 is 1.73. The van der Waals surface area contributed by atoms with Crippen molar-refractivity contribution in [2.24, 2.45) is 0 Å². The van der Waals surface area contributed by atoms with E-state index in [1.807, 2.05) is 26.0 Å². The average Bonchev–Trinajstić information content (AvgIpc) is 2.91. The van der Waals surface area contributed by atoms with E-state index < -0.39 is 17.4 Å². The number of hydrogen-bond donors (Lipinski definition) is 2. The van der Waals surface area contributed by atoms with Gasteiger partial charge in [0.05, 0.1) is 0 Å². The first-order valence-electron chi connectivity index (χ1n) is 7.80. The number of fused-ring (bicyclic) bond motifs is 1. The maximum atomic E-state index is 12.7. The molecule has 1 aromatic carbocycles. The largest absolute Gasteiger partial charge is 0.492 e. The summed E-state index contributed by atoms with van der Waals surface area (Å²) in [6.07, 6.45) is 0.929. The van der Waals surface area contributed by atoms with Gasteiger partial charge in [-0.1, -0.05) is 6.07 Å². The molecular weight excluding hydrogens is 314 g/mol. The predicted octanol–water partition coefficient (Wildman–Crippen LogP) is 2.25. The molecule has 0 aliphatic carbocycles. The van der Waals surface area contributed by atoms with Crippen LogP contribution in [-0.2, 0) is 9.59 Å². The number of carboxylic acid groups (broad SMARTS) is 1. The van der Waals surface area contributed by atoms with E-state index >= 15 is 0 Å². The molecule has 5 nitrogen and oxygen atoms in total. The highest BCUT2D eigenvalue weighted by atomic mass is 32.2. The van der Waals surface area contributed by atoms with Gasteiger partial charge in [0.2, 0.25) is 5.91 Å². The van der Waals surface area contributed by atoms with Crippen LogP contribution in [0.5, 0.6) is 5.75 Å². The van der Waals surface area contributed by atoms with E-state index in [1.54, 1.807) is 11.8 Å². The fourth-order valence-corrected chi connectivity index (χ4v) is 4.31. The Kier molecular flexibility index (Phi) is 4.27. The monoisotopic (exact) mass is 335 g/mol. The van der Waals surface area contributed by atoms with Gasteiger partial charge in [-0.3, -0.25) is 4.79 Å². The zero-order chi connectivity index (χ0) is 16.6. The van der Waals surface area contributed by atoms with Crippen LogP contribution in [0.1, 0.15) is 35.4 Å². The minimum Gasteiger partial charge on any atom is -0.492 e. The van der Waals surface area contributed by atoms with Gasteiger partial charge in [-0.05, 0) is 55.4 Å². The standard InChI is InChI=1S/C17H21NO4S/c1-10-7-12-13(9-22-14(12)8-11(10)2)15(19)18-17(16(20)21)3-5-23-6-4-17/h7-8,13H,3-6,9H2,1-2H3,(H,18,19)(H,20,21). The average molecular weight is 335 g/mol. The van der Waals surface area contributed by atoms with Crippen LogP contribution in [0.3, 0.4) is 0 Å². The Labute approximate surface area is 139 Å². The Morgan fingerprint density at radius 2 is 1.91 bits per heavy atom. The van der Waals surface area contributed by atoms with E-state index in [9.17, 15) is 14.7 Å². The third-order valence-corrected chi connectivity index (χ3v) is 5.83. The van der Waals surface area contributed by atoms with Gasteiger partial charge in [-0.2, -0.15) is 11.8 Å². The zero-order valence-electron chi connectivity index (χ0n) is 13.3. The van der Waals surface area contributed by atoms with Gasteiger partial charge in [-0.15, -0.1) is 0 Å². The van der Waals surface area contributed by atoms with Crippen LogP contribution in [0.15, 0.2) is 12.1 Å². The SMILES string of the molecule is Cc1cc2c(cc1C)C(C(=O)NC1(C(=O)O)CCSCC1)CO2. The van der Waals surface area contributed by atoms with Crippen LogP contribution in [0.2, 0.25) is 0 Å². The Balaban J connectivity index is 1.83. The number of amides is 1. The van der Waals surface area contributed by atoms with Gasteiger partial charge in [0.1, 0.15) is 23.8 Å². The molecule has 1 saturated heterocycles. The molecule has 0 bridgehead atoms. The van der Waals surface area contributed by atoms with Crippen molar-refractivity contribution in [3.63, 3.8) is 0 Å². The van der Waals surface area contributed by atoms with Gasteiger partial charge < -0.3 is 15.2 Å². The van der Waals surface area contributed by atoms with Crippen molar-refractivity contribution in [1.29, 1.82) is 0 Å². The fourth-order valence-electron chi connectivity index (χ4n) is 3.12. The third-order valence-electron chi connectivity index (χ3n) is 4.84. The molecule has 1 fully saturated rings. The summed E-state index contributed by atoms with van der Waals surface area (Å²) in [4.78, 5) is 24.4. The first-order chi connectivity index (χ1) is 10.9. The number of nitrogens with one attached hydrogen (secondary N) is 1. The van der Waals surface area contributed by atoms with Crippen LogP contribution in [0.25, 0.3) is 0 Å². The van der Waals surface area contributed by atoms with Gasteiger partial charge in [-0.25, -0.2) is 4.79 Å². The molecular formula is C17H21NO4S. The van der Waals surface area contributed by atoms with Crippen molar-refractivity contribution in [3.05, 3.63) is 28.8 Å². The highest BCUT2D eigenvalue weighted by Crippen LogP contribution is 2.37. The number of hydrogen-bond acceptors (Lipinski definition) is 4. The Bertz CT molecular complexity index is 652. The molecule has 0 spiro atoms. The maximum absolute atomic E-state index is 12.7. The molecule has 0 radical (unpaired) electrons. The summed E-state index contributed by atoms with van der Waals surface area (Å²) in [7, 11) is 0. The molecule has 23 heavy (non-hydrogen) atoms. The first kappa shape index (κ1) is 16.2. The number of carbonyl (C=O) groups is 2. The number of benzene rings is 1. The second-order valence-electron chi connectivity index (χ2n) is 6.33. The number of carboxylic acids is 1. The lowest BCUT2D eigenvalue weighted by Gasteiger charge is -2.34. The molecule has 2 aliphatic heterocycles. The Morgan fingerprint density at radius 1 is 1.26 bits per heavy atom. The van der Waals surface area contributed by atoms with Crippen LogP contribution in [-0.4, -0.2) is 40.6 Å². The van der Waals surface area contributed by atoms with Gasteiger partial charge in [0, 0.05) is 5.56 Å². The van der Waals surface area contributed by atoms with E-state index in [-0.39, 0.29) is 12.5 Å². The normalized spacial score (nSPS) is 22.1. The molecule has 0 aromatic heterocycles. The minimum atomic E-state index is -1.13. The molecule has 2 N–H and O–H groups in total. The summed E-state index contributed by atoms with van der Waals surface area (Å²) < 4.78 is 5.64. The van der Waals surface area contributed by atoms with Crippen molar-refractivity contribution in [1.82, 2.24) is 5.32 Å². The molecule has 124 valence electrons. The fraction of sp³-hybridized carbons (Fsp3) is 0.529. The number of aryl methyl sites for hydroxylation is 2. The van der Waals surface area contributed by atoms with Crippen molar-refractivity contribution < 1.29 is 19.4 Å². The number of ether oxygens (including phenoxy) is 1. The number of thioether (sulfide) groups is 1. The van der Waals surface area contributed by atoms with Gasteiger partial charge in [0.25, 0.3) is 0 Å². The summed E-state index contributed by atoms with van der Waals surface area (Å²) in [6, 6.07) is 3.92. The Hall–Kier alpha value is -1.69. The summed E-state index contributed by atoms with van der Waals surface area (Å²) in [5.41, 5.74) is 1.95. The molecule has 0 saturated carbocycles.